The number of carbonyl (C=O) groups excluding carboxylic acids is 1. The van der Waals surface area contributed by atoms with Gasteiger partial charge in [-0.15, -0.1) is 0 Å². The van der Waals surface area contributed by atoms with Crippen LogP contribution in [0.15, 0.2) is 24.3 Å². The van der Waals surface area contributed by atoms with E-state index in [-0.39, 0.29) is 11.9 Å². The van der Waals surface area contributed by atoms with Gasteiger partial charge >= 0.3 is 0 Å². The van der Waals surface area contributed by atoms with Gasteiger partial charge in [0.2, 0.25) is 0 Å². The van der Waals surface area contributed by atoms with Gasteiger partial charge in [-0.3, -0.25) is 9.89 Å². The fourth-order valence-electron chi connectivity index (χ4n) is 3.61. The van der Waals surface area contributed by atoms with Crippen molar-refractivity contribution < 1.29 is 4.79 Å². The number of hydrogen-bond donors (Lipinski definition) is 1. The lowest BCUT2D eigenvalue weighted by Crippen LogP contribution is -2.32. The van der Waals surface area contributed by atoms with Crippen molar-refractivity contribution in [3.63, 3.8) is 0 Å². The average Bonchev–Trinajstić information content (AvgIpc) is 3.25. The Morgan fingerprint density at radius 3 is 2.88 bits per heavy atom. The third kappa shape index (κ3) is 2.29. The summed E-state index contributed by atoms with van der Waals surface area (Å²) in [7, 11) is 1.95. The van der Waals surface area contributed by atoms with E-state index in [2.05, 4.69) is 40.3 Å². The van der Waals surface area contributed by atoms with Crippen LogP contribution in [0.2, 0.25) is 0 Å². The van der Waals surface area contributed by atoms with E-state index in [4.69, 9.17) is 0 Å². The number of aromatic nitrogens is 4. The van der Waals surface area contributed by atoms with Gasteiger partial charge in [0, 0.05) is 24.5 Å². The Bertz CT molecular complexity index is 923. The molecule has 1 aromatic carbocycles. The standard InChI is InChI=1S/C18H21N5O/c1-11-6-7-14-13(9-11)10-16(22(14)3)18(24)23-8-4-5-15(23)17-19-12(2)20-21-17/h6-7,9-10,15H,4-5,8H2,1-3H3,(H,19,20,21)/t15-/m0/s1. The van der Waals surface area contributed by atoms with Crippen LogP contribution in [0.3, 0.4) is 0 Å². The fourth-order valence-corrected chi connectivity index (χ4v) is 3.61. The summed E-state index contributed by atoms with van der Waals surface area (Å²) in [6, 6.07) is 8.21. The first-order valence-electron chi connectivity index (χ1n) is 8.30. The number of nitrogens with zero attached hydrogens (tertiary/aromatic N) is 4. The molecule has 1 amide bonds. The summed E-state index contributed by atoms with van der Waals surface area (Å²) in [6.45, 7) is 4.69. The van der Waals surface area contributed by atoms with Crippen molar-refractivity contribution in [2.24, 2.45) is 7.05 Å². The summed E-state index contributed by atoms with van der Waals surface area (Å²) in [5.41, 5.74) is 2.99. The van der Waals surface area contributed by atoms with E-state index in [0.29, 0.717) is 5.82 Å². The highest BCUT2D eigenvalue weighted by molar-refractivity contribution is 5.99. The molecule has 6 heteroatoms. The summed E-state index contributed by atoms with van der Waals surface area (Å²) in [4.78, 5) is 19.5. The van der Waals surface area contributed by atoms with Crippen molar-refractivity contribution in [1.82, 2.24) is 24.6 Å². The van der Waals surface area contributed by atoms with Gasteiger partial charge in [0.15, 0.2) is 5.82 Å². The number of aryl methyl sites for hydroxylation is 3. The summed E-state index contributed by atoms with van der Waals surface area (Å²) in [5, 5.41) is 8.25. The van der Waals surface area contributed by atoms with Gasteiger partial charge in [-0.2, -0.15) is 5.10 Å². The molecule has 0 saturated carbocycles. The topological polar surface area (TPSA) is 66.8 Å². The van der Waals surface area contributed by atoms with E-state index >= 15 is 0 Å². The number of likely N-dealkylation sites (tertiary alicyclic amines) is 1. The predicted molar refractivity (Wildman–Crippen MR) is 91.8 cm³/mol. The molecule has 4 rings (SSSR count). The molecule has 0 bridgehead atoms. The molecular formula is C18H21N5O. The minimum absolute atomic E-state index is 0.0396. The molecule has 3 aromatic rings. The molecule has 1 aliphatic heterocycles. The van der Waals surface area contributed by atoms with Gasteiger partial charge in [0.25, 0.3) is 5.91 Å². The number of hydrogen-bond acceptors (Lipinski definition) is 3. The molecule has 1 saturated heterocycles. The maximum atomic E-state index is 13.2. The molecule has 2 aromatic heterocycles. The quantitative estimate of drug-likeness (QED) is 0.788. The molecule has 0 aliphatic carbocycles. The monoisotopic (exact) mass is 323 g/mol. The first-order chi connectivity index (χ1) is 11.5. The lowest BCUT2D eigenvalue weighted by Gasteiger charge is -2.22. The third-order valence-electron chi connectivity index (χ3n) is 4.84. The Labute approximate surface area is 140 Å². The number of benzene rings is 1. The smallest absolute Gasteiger partial charge is 0.271 e. The zero-order chi connectivity index (χ0) is 16.8. The highest BCUT2D eigenvalue weighted by Crippen LogP contribution is 2.32. The normalized spacial score (nSPS) is 17.8. The van der Waals surface area contributed by atoms with Crippen molar-refractivity contribution >= 4 is 16.8 Å². The first kappa shape index (κ1) is 14.9. The van der Waals surface area contributed by atoms with E-state index < -0.39 is 0 Å². The molecule has 6 nitrogen and oxygen atoms in total. The van der Waals surface area contributed by atoms with E-state index in [1.165, 1.54) is 5.56 Å². The zero-order valence-electron chi connectivity index (χ0n) is 14.2. The second kappa shape index (κ2) is 5.47. The van der Waals surface area contributed by atoms with Crippen molar-refractivity contribution in [3.05, 3.63) is 47.2 Å². The molecule has 1 N–H and O–H groups in total. The number of fused-ring (bicyclic) bond motifs is 1. The second-order valence-corrected chi connectivity index (χ2v) is 6.59. The molecule has 1 atom stereocenters. The van der Waals surface area contributed by atoms with E-state index in [9.17, 15) is 4.79 Å². The van der Waals surface area contributed by atoms with Crippen LogP contribution in [0.5, 0.6) is 0 Å². The van der Waals surface area contributed by atoms with E-state index in [1.54, 1.807) is 0 Å². The highest BCUT2D eigenvalue weighted by Gasteiger charge is 2.34. The minimum atomic E-state index is -0.0396. The predicted octanol–water partition coefficient (Wildman–Crippen LogP) is 2.89. The van der Waals surface area contributed by atoms with Gasteiger partial charge in [-0.25, -0.2) is 4.98 Å². The Balaban J connectivity index is 1.71. The summed E-state index contributed by atoms with van der Waals surface area (Å²) in [5.74, 6) is 1.55. The number of carbonyl (C=O) groups is 1. The Morgan fingerprint density at radius 1 is 1.29 bits per heavy atom. The molecule has 0 radical (unpaired) electrons. The Hall–Kier alpha value is -2.63. The molecule has 1 fully saturated rings. The van der Waals surface area contributed by atoms with E-state index in [1.807, 2.05) is 29.5 Å². The number of nitrogens with one attached hydrogen (secondary N) is 1. The third-order valence-corrected chi connectivity index (χ3v) is 4.84. The second-order valence-electron chi connectivity index (χ2n) is 6.59. The molecule has 24 heavy (non-hydrogen) atoms. The van der Waals surface area contributed by atoms with Crippen LogP contribution in [0.25, 0.3) is 10.9 Å². The van der Waals surface area contributed by atoms with Crippen LogP contribution in [-0.2, 0) is 7.05 Å². The molecule has 0 unspecified atom stereocenters. The van der Waals surface area contributed by atoms with Crippen molar-refractivity contribution in [2.75, 3.05) is 6.54 Å². The first-order valence-corrected chi connectivity index (χ1v) is 8.30. The van der Waals surface area contributed by atoms with Crippen LogP contribution < -0.4 is 0 Å². The van der Waals surface area contributed by atoms with Gasteiger partial charge in [-0.1, -0.05) is 11.6 Å². The minimum Gasteiger partial charge on any atom is -0.340 e. The average molecular weight is 323 g/mol. The SMILES string of the molecule is Cc1ccc2c(c1)cc(C(=O)N1CCC[C@H]1c1n[nH]c(C)n1)n2C. The lowest BCUT2D eigenvalue weighted by molar-refractivity contribution is 0.0721. The molecule has 124 valence electrons. The number of H-pyrrole nitrogens is 1. The van der Waals surface area contributed by atoms with Crippen LogP contribution in [0.4, 0.5) is 0 Å². The molecule has 3 heterocycles. The molecular weight excluding hydrogens is 302 g/mol. The fraction of sp³-hybridized carbons (Fsp3) is 0.389. The van der Waals surface area contributed by atoms with Crippen LogP contribution in [-0.4, -0.2) is 37.1 Å². The van der Waals surface area contributed by atoms with Crippen molar-refractivity contribution in [3.8, 4) is 0 Å². The maximum Gasteiger partial charge on any atom is 0.271 e. The van der Waals surface area contributed by atoms with Crippen LogP contribution in [0.1, 0.15) is 46.6 Å². The molecule has 0 spiro atoms. The van der Waals surface area contributed by atoms with Gasteiger partial charge < -0.3 is 9.47 Å². The number of rotatable bonds is 2. The summed E-state index contributed by atoms with van der Waals surface area (Å²) in [6.07, 6.45) is 1.89. The van der Waals surface area contributed by atoms with E-state index in [0.717, 1.165) is 41.8 Å². The number of amides is 1. The highest BCUT2D eigenvalue weighted by atomic mass is 16.2. The lowest BCUT2D eigenvalue weighted by atomic mass is 10.2. The van der Waals surface area contributed by atoms with Gasteiger partial charge in [-0.05, 0) is 44.9 Å². The number of aromatic amines is 1. The van der Waals surface area contributed by atoms with Crippen LogP contribution >= 0.6 is 0 Å². The van der Waals surface area contributed by atoms with Crippen molar-refractivity contribution in [1.29, 1.82) is 0 Å². The van der Waals surface area contributed by atoms with Gasteiger partial charge in [0.05, 0.1) is 6.04 Å². The Kier molecular flexibility index (Phi) is 3.40. The zero-order valence-corrected chi connectivity index (χ0v) is 14.2. The summed E-state index contributed by atoms with van der Waals surface area (Å²) >= 11 is 0. The van der Waals surface area contributed by atoms with Crippen molar-refractivity contribution in [2.45, 2.75) is 32.7 Å². The largest absolute Gasteiger partial charge is 0.340 e. The maximum absolute atomic E-state index is 13.2. The van der Waals surface area contributed by atoms with Crippen LogP contribution in [0, 0.1) is 13.8 Å². The molecule has 1 aliphatic rings. The summed E-state index contributed by atoms with van der Waals surface area (Å²) < 4.78 is 1.98. The Morgan fingerprint density at radius 2 is 2.12 bits per heavy atom. The van der Waals surface area contributed by atoms with Gasteiger partial charge in [0.1, 0.15) is 11.5 Å².